The lowest BCUT2D eigenvalue weighted by molar-refractivity contribution is -0.150. The van der Waals surface area contributed by atoms with Gasteiger partial charge in [0.25, 0.3) is 5.91 Å². The van der Waals surface area contributed by atoms with Crippen LogP contribution < -0.4 is 16.0 Å². The Morgan fingerprint density at radius 3 is 2.39 bits per heavy atom. The Balaban J connectivity index is 1.35. The summed E-state index contributed by atoms with van der Waals surface area (Å²) >= 11 is 0. The Kier molecular flexibility index (Phi) is 7.64. The van der Waals surface area contributed by atoms with Crippen molar-refractivity contribution >= 4 is 23.7 Å². The molecule has 3 aliphatic rings. The molecule has 2 aliphatic carbocycles. The number of nitrogens with zero attached hydrogens (tertiary/aromatic N) is 4. The van der Waals surface area contributed by atoms with E-state index in [1.807, 2.05) is 5.32 Å². The van der Waals surface area contributed by atoms with Crippen molar-refractivity contribution in [2.45, 2.75) is 68.7 Å². The summed E-state index contributed by atoms with van der Waals surface area (Å²) in [6, 6.07) is -0.0817. The number of aromatic nitrogens is 3. The first-order chi connectivity index (χ1) is 19.3. The van der Waals surface area contributed by atoms with Crippen molar-refractivity contribution in [1.82, 2.24) is 30.3 Å². The number of halogens is 5. The van der Waals surface area contributed by atoms with Gasteiger partial charge < -0.3 is 20.9 Å². The predicted molar refractivity (Wildman–Crippen MR) is 135 cm³/mol. The molecule has 15 heteroatoms. The highest BCUT2D eigenvalue weighted by Gasteiger charge is 2.51. The molecular formula is C26H30F5N7O3. The van der Waals surface area contributed by atoms with Gasteiger partial charge in [-0.2, -0.15) is 18.3 Å². The van der Waals surface area contributed by atoms with Crippen molar-refractivity contribution in [3.63, 3.8) is 0 Å². The van der Waals surface area contributed by atoms with Gasteiger partial charge >= 0.3 is 12.2 Å². The fourth-order valence-corrected chi connectivity index (χ4v) is 5.61. The van der Waals surface area contributed by atoms with E-state index in [1.165, 1.54) is 29.2 Å². The summed E-state index contributed by atoms with van der Waals surface area (Å²) in [5.41, 5.74) is 0.681. The van der Waals surface area contributed by atoms with Gasteiger partial charge in [-0.3, -0.25) is 14.3 Å². The number of alkyl halides is 5. The van der Waals surface area contributed by atoms with Crippen LogP contribution >= 0.6 is 0 Å². The molecule has 1 aliphatic heterocycles. The van der Waals surface area contributed by atoms with E-state index >= 15 is 0 Å². The van der Waals surface area contributed by atoms with E-state index in [0.717, 1.165) is 17.7 Å². The Labute approximate surface area is 232 Å². The van der Waals surface area contributed by atoms with Gasteiger partial charge in [-0.05, 0) is 61.3 Å². The molecule has 3 N–H and O–H groups in total. The minimum atomic E-state index is -4.59. The van der Waals surface area contributed by atoms with Gasteiger partial charge in [0.2, 0.25) is 11.8 Å². The van der Waals surface area contributed by atoms with Crippen molar-refractivity contribution in [3.05, 3.63) is 41.9 Å². The molecule has 0 spiro atoms. The number of pyridine rings is 1. The van der Waals surface area contributed by atoms with Crippen LogP contribution in [-0.2, 0) is 11.8 Å². The maximum atomic E-state index is 13.9. The standard InChI is InChI=1S/C26H30F5N7O3/c1-37-17(7-11-33-37)22(39)36-20(14-4-8-25(27,28)9-5-14)23(40)35-19-12-16(6-10-32-19)21(15-2-3-15)38-13-18(26(29,30)31)34-24(38)41/h6-7,10-12,14-15,18,20-21H,2-5,8-9,13H2,1H3,(H,34,41)(H,36,39)(H,32,35,40)/t18-,20-,21?/m0/s1. The largest absolute Gasteiger partial charge is 0.410 e. The highest BCUT2D eigenvalue weighted by Crippen LogP contribution is 2.46. The molecule has 1 saturated heterocycles. The Hall–Kier alpha value is -3.78. The third-order valence-corrected chi connectivity index (χ3v) is 7.97. The first-order valence-electron chi connectivity index (χ1n) is 13.4. The number of urea groups is 1. The maximum Gasteiger partial charge on any atom is 0.410 e. The molecule has 0 aromatic carbocycles. The molecule has 2 saturated carbocycles. The Morgan fingerprint density at radius 2 is 1.80 bits per heavy atom. The van der Waals surface area contributed by atoms with Crippen LogP contribution in [0, 0.1) is 11.8 Å². The summed E-state index contributed by atoms with van der Waals surface area (Å²) in [6.07, 6.45) is -1.17. The van der Waals surface area contributed by atoms with Crippen LogP contribution in [-0.4, -0.2) is 68.2 Å². The number of rotatable bonds is 8. The van der Waals surface area contributed by atoms with E-state index in [9.17, 15) is 36.3 Å². The third kappa shape index (κ3) is 6.43. The second-order valence-corrected chi connectivity index (χ2v) is 10.9. The number of amides is 4. The number of carbonyl (C=O) groups is 3. The molecule has 41 heavy (non-hydrogen) atoms. The maximum absolute atomic E-state index is 13.9. The molecular weight excluding hydrogens is 553 g/mol. The fraction of sp³-hybridized carbons (Fsp3) is 0.577. The lowest BCUT2D eigenvalue weighted by Crippen LogP contribution is -2.50. The second-order valence-electron chi connectivity index (χ2n) is 10.9. The van der Waals surface area contributed by atoms with Crippen LogP contribution in [0.3, 0.4) is 0 Å². The Morgan fingerprint density at radius 1 is 1.10 bits per heavy atom. The summed E-state index contributed by atoms with van der Waals surface area (Å²) in [4.78, 5) is 44.2. The van der Waals surface area contributed by atoms with Crippen molar-refractivity contribution < 1.29 is 36.3 Å². The smallest absolute Gasteiger partial charge is 0.339 e. The number of hydrogen-bond donors (Lipinski definition) is 3. The van der Waals surface area contributed by atoms with Crippen molar-refractivity contribution in [2.75, 3.05) is 11.9 Å². The van der Waals surface area contributed by atoms with E-state index < -0.39 is 73.4 Å². The van der Waals surface area contributed by atoms with Crippen LogP contribution in [0.4, 0.5) is 32.6 Å². The van der Waals surface area contributed by atoms with Crippen molar-refractivity contribution in [2.24, 2.45) is 18.9 Å². The second kappa shape index (κ2) is 10.9. The van der Waals surface area contributed by atoms with Gasteiger partial charge in [0.05, 0.1) is 12.6 Å². The molecule has 3 atom stereocenters. The van der Waals surface area contributed by atoms with E-state index in [0.29, 0.717) is 5.56 Å². The number of aryl methyl sites for hydroxylation is 1. The van der Waals surface area contributed by atoms with Gasteiger partial charge in [-0.25, -0.2) is 18.6 Å². The lowest BCUT2D eigenvalue weighted by atomic mass is 9.81. The lowest BCUT2D eigenvalue weighted by Gasteiger charge is -2.33. The monoisotopic (exact) mass is 583 g/mol. The average molecular weight is 584 g/mol. The van der Waals surface area contributed by atoms with Crippen LogP contribution in [0.5, 0.6) is 0 Å². The van der Waals surface area contributed by atoms with Gasteiger partial charge in [-0.1, -0.05) is 0 Å². The number of hydrogen-bond acceptors (Lipinski definition) is 5. The van der Waals surface area contributed by atoms with Crippen LogP contribution in [0.15, 0.2) is 30.6 Å². The molecule has 2 aromatic rings. The number of nitrogens with one attached hydrogen (secondary N) is 3. The van der Waals surface area contributed by atoms with Gasteiger partial charge in [0, 0.05) is 32.3 Å². The normalized spacial score (nSPS) is 22.6. The highest BCUT2D eigenvalue weighted by molar-refractivity contribution is 6.00. The van der Waals surface area contributed by atoms with E-state index in [1.54, 1.807) is 13.1 Å². The molecule has 3 fully saturated rings. The third-order valence-electron chi connectivity index (χ3n) is 7.97. The molecule has 5 rings (SSSR count). The first-order valence-corrected chi connectivity index (χ1v) is 13.4. The molecule has 4 amide bonds. The van der Waals surface area contributed by atoms with Crippen LogP contribution in [0.1, 0.15) is 60.6 Å². The molecule has 0 radical (unpaired) electrons. The molecule has 3 heterocycles. The fourth-order valence-electron chi connectivity index (χ4n) is 5.61. The Bertz CT molecular complexity index is 1300. The van der Waals surface area contributed by atoms with Crippen molar-refractivity contribution in [3.8, 4) is 0 Å². The van der Waals surface area contributed by atoms with E-state index in [-0.39, 0.29) is 30.3 Å². The zero-order chi connectivity index (χ0) is 29.5. The van der Waals surface area contributed by atoms with Gasteiger partial charge in [0.1, 0.15) is 23.6 Å². The summed E-state index contributed by atoms with van der Waals surface area (Å²) in [7, 11) is 1.55. The summed E-state index contributed by atoms with van der Waals surface area (Å²) in [5, 5.41) is 11.2. The quantitative estimate of drug-likeness (QED) is 0.409. The van der Waals surface area contributed by atoms with Gasteiger partial charge in [-0.15, -0.1) is 0 Å². The minimum absolute atomic E-state index is 0.0123. The number of carbonyl (C=O) groups excluding carboxylic acids is 3. The SMILES string of the molecule is Cn1nccc1C(=O)N[C@H](C(=O)Nc1cc(C(C2CC2)N2C[C@@H](C(F)(F)F)NC2=O)ccn1)C1CCC(F)(F)CC1. The zero-order valence-corrected chi connectivity index (χ0v) is 22.1. The summed E-state index contributed by atoms with van der Waals surface area (Å²) < 4.78 is 68.9. The predicted octanol–water partition coefficient (Wildman–Crippen LogP) is 3.78. The zero-order valence-electron chi connectivity index (χ0n) is 22.1. The van der Waals surface area contributed by atoms with E-state index in [4.69, 9.17) is 0 Å². The summed E-state index contributed by atoms with van der Waals surface area (Å²) in [5.74, 6) is -4.66. The van der Waals surface area contributed by atoms with Gasteiger partial charge in [0.15, 0.2) is 0 Å². The van der Waals surface area contributed by atoms with Crippen LogP contribution in [0.2, 0.25) is 0 Å². The average Bonchev–Trinajstić information content (AvgIpc) is 3.51. The highest BCUT2D eigenvalue weighted by atomic mass is 19.4. The molecule has 1 unspecified atom stereocenters. The molecule has 2 aromatic heterocycles. The topological polar surface area (TPSA) is 121 Å². The first kappa shape index (κ1) is 28.7. The molecule has 0 bridgehead atoms. The van der Waals surface area contributed by atoms with E-state index in [2.05, 4.69) is 20.7 Å². The van der Waals surface area contributed by atoms with Crippen molar-refractivity contribution in [1.29, 1.82) is 0 Å². The minimum Gasteiger partial charge on any atom is -0.339 e. The molecule has 222 valence electrons. The van der Waals surface area contributed by atoms with Crippen LogP contribution in [0.25, 0.3) is 0 Å². The number of anilines is 1. The molecule has 10 nitrogen and oxygen atoms in total. The summed E-state index contributed by atoms with van der Waals surface area (Å²) in [6.45, 7) is -0.540.